The lowest BCUT2D eigenvalue weighted by atomic mass is 10.1. The first-order valence-electron chi connectivity index (χ1n) is 6.49. The highest BCUT2D eigenvalue weighted by Gasteiger charge is 2.28. The molecule has 1 aromatic carbocycles. The maximum Gasteiger partial charge on any atom is 0.321 e. The second-order valence-corrected chi connectivity index (χ2v) is 5.11. The Morgan fingerprint density at radius 1 is 1.50 bits per heavy atom. The van der Waals surface area contributed by atoms with E-state index < -0.39 is 11.8 Å². The number of likely N-dealkylation sites (tertiary alicyclic amines) is 1. The van der Waals surface area contributed by atoms with Crippen molar-refractivity contribution in [3.63, 3.8) is 0 Å². The molecule has 0 aromatic heterocycles. The van der Waals surface area contributed by atoms with E-state index in [0.717, 1.165) is 5.56 Å². The molecule has 2 amide bonds. The number of carbonyl (C=O) groups is 2. The molecule has 2 rings (SSSR count). The van der Waals surface area contributed by atoms with E-state index in [1.165, 1.54) is 11.0 Å². The molecule has 1 fully saturated rings. The van der Waals surface area contributed by atoms with E-state index in [2.05, 4.69) is 5.32 Å². The number of anilines is 1. The summed E-state index contributed by atoms with van der Waals surface area (Å²) in [7, 11) is 0. The van der Waals surface area contributed by atoms with Gasteiger partial charge in [-0.15, -0.1) is 0 Å². The SMILES string of the molecule is Cc1ccc(F)c(NC(=O)N2CCC(CC(=O)O)C2)c1. The molecule has 0 bridgehead atoms. The Labute approximate surface area is 116 Å². The fraction of sp³-hybridized carbons (Fsp3) is 0.429. The van der Waals surface area contributed by atoms with E-state index in [1.54, 1.807) is 12.1 Å². The van der Waals surface area contributed by atoms with Gasteiger partial charge in [0.2, 0.25) is 0 Å². The summed E-state index contributed by atoms with van der Waals surface area (Å²) in [6, 6.07) is 4.12. The Bertz CT molecular complexity index is 533. The van der Waals surface area contributed by atoms with Gasteiger partial charge in [0.25, 0.3) is 0 Å². The molecule has 1 saturated heterocycles. The minimum Gasteiger partial charge on any atom is -0.481 e. The number of nitrogens with zero attached hydrogens (tertiary/aromatic N) is 1. The van der Waals surface area contributed by atoms with Crippen LogP contribution in [0.1, 0.15) is 18.4 Å². The summed E-state index contributed by atoms with van der Waals surface area (Å²) in [6.07, 6.45) is 0.721. The van der Waals surface area contributed by atoms with Crippen LogP contribution in [0.4, 0.5) is 14.9 Å². The Kier molecular flexibility index (Phi) is 4.22. The van der Waals surface area contributed by atoms with E-state index in [0.29, 0.717) is 19.5 Å². The van der Waals surface area contributed by atoms with Gasteiger partial charge in [0.15, 0.2) is 0 Å². The normalized spacial score (nSPS) is 18.1. The molecular weight excluding hydrogens is 263 g/mol. The number of carbonyl (C=O) groups excluding carboxylic acids is 1. The molecule has 6 heteroatoms. The minimum atomic E-state index is -0.859. The fourth-order valence-electron chi connectivity index (χ4n) is 2.36. The zero-order valence-corrected chi connectivity index (χ0v) is 11.2. The van der Waals surface area contributed by atoms with Crippen molar-refractivity contribution in [1.29, 1.82) is 0 Å². The van der Waals surface area contributed by atoms with Crippen molar-refractivity contribution < 1.29 is 19.1 Å². The van der Waals surface area contributed by atoms with E-state index in [4.69, 9.17) is 5.11 Å². The smallest absolute Gasteiger partial charge is 0.321 e. The summed E-state index contributed by atoms with van der Waals surface area (Å²) in [5, 5.41) is 11.3. The standard InChI is InChI=1S/C14H17FN2O3/c1-9-2-3-11(15)12(6-9)16-14(20)17-5-4-10(8-17)7-13(18)19/h2-3,6,10H,4-5,7-8H2,1H3,(H,16,20)(H,18,19). The predicted molar refractivity (Wildman–Crippen MR) is 72.1 cm³/mol. The van der Waals surface area contributed by atoms with Gasteiger partial charge in [0.05, 0.1) is 5.69 Å². The van der Waals surface area contributed by atoms with Crippen LogP contribution >= 0.6 is 0 Å². The second kappa shape index (κ2) is 5.90. The summed E-state index contributed by atoms with van der Waals surface area (Å²) in [5.41, 5.74) is 1.00. The van der Waals surface area contributed by atoms with Gasteiger partial charge < -0.3 is 15.3 Å². The third-order valence-corrected chi connectivity index (χ3v) is 3.40. The maximum absolute atomic E-state index is 13.6. The lowest BCUT2D eigenvalue weighted by Crippen LogP contribution is -2.33. The molecule has 2 N–H and O–H groups in total. The van der Waals surface area contributed by atoms with E-state index in [-0.39, 0.29) is 24.1 Å². The summed E-state index contributed by atoms with van der Waals surface area (Å²) < 4.78 is 13.6. The van der Waals surface area contributed by atoms with Gasteiger partial charge in [0.1, 0.15) is 5.82 Å². The van der Waals surface area contributed by atoms with Gasteiger partial charge in [-0.2, -0.15) is 0 Å². The minimum absolute atomic E-state index is 0.0272. The molecule has 1 aromatic rings. The van der Waals surface area contributed by atoms with Crippen molar-refractivity contribution in [2.75, 3.05) is 18.4 Å². The van der Waals surface area contributed by atoms with Crippen LogP contribution in [0.3, 0.4) is 0 Å². The quantitative estimate of drug-likeness (QED) is 0.893. The van der Waals surface area contributed by atoms with Crippen LogP contribution in [0.2, 0.25) is 0 Å². The Balaban J connectivity index is 1.96. The highest BCUT2D eigenvalue weighted by molar-refractivity contribution is 5.89. The predicted octanol–water partition coefficient (Wildman–Crippen LogP) is 2.46. The fourth-order valence-corrected chi connectivity index (χ4v) is 2.36. The van der Waals surface area contributed by atoms with Gasteiger partial charge in [0, 0.05) is 19.5 Å². The number of urea groups is 1. The Morgan fingerprint density at radius 2 is 2.25 bits per heavy atom. The molecule has 1 aliphatic heterocycles. The number of amides is 2. The van der Waals surface area contributed by atoms with Crippen LogP contribution < -0.4 is 5.32 Å². The monoisotopic (exact) mass is 280 g/mol. The van der Waals surface area contributed by atoms with E-state index >= 15 is 0 Å². The third-order valence-electron chi connectivity index (χ3n) is 3.40. The van der Waals surface area contributed by atoms with Crippen molar-refractivity contribution in [3.8, 4) is 0 Å². The molecule has 0 saturated carbocycles. The number of hydrogen-bond donors (Lipinski definition) is 2. The lowest BCUT2D eigenvalue weighted by molar-refractivity contribution is -0.138. The second-order valence-electron chi connectivity index (χ2n) is 5.11. The number of rotatable bonds is 3. The zero-order valence-electron chi connectivity index (χ0n) is 11.2. The number of halogens is 1. The number of benzene rings is 1. The molecule has 0 spiro atoms. The van der Waals surface area contributed by atoms with Crippen LogP contribution in [-0.4, -0.2) is 35.1 Å². The largest absolute Gasteiger partial charge is 0.481 e. The summed E-state index contributed by atoms with van der Waals surface area (Å²) >= 11 is 0. The summed E-state index contributed by atoms with van der Waals surface area (Å²) in [4.78, 5) is 24.2. The van der Waals surface area contributed by atoms with Crippen molar-refractivity contribution in [2.45, 2.75) is 19.8 Å². The Hall–Kier alpha value is -2.11. The number of nitrogens with one attached hydrogen (secondary N) is 1. The van der Waals surface area contributed by atoms with Crippen LogP contribution in [0.15, 0.2) is 18.2 Å². The molecule has 1 atom stereocenters. The number of carboxylic acid groups (broad SMARTS) is 1. The molecule has 0 radical (unpaired) electrons. The first-order valence-corrected chi connectivity index (χ1v) is 6.49. The van der Waals surface area contributed by atoms with Crippen LogP contribution in [0, 0.1) is 18.7 Å². The molecule has 1 heterocycles. The molecule has 108 valence electrons. The zero-order chi connectivity index (χ0) is 14.7. The number of aryl methyl sites for hydroxylation is 1. The first kappa shape index (κ1) is 14.3. The number of aliphatic carboxylic acids is 1. The van der Waals surface area contributed by atoms with Gasteiger partial charge in [-0.3, -0.25) is 4.79 Å². The highest BCUT2D eigenvalue weighted by Crippen LogP contribution is 2.21. The van der Waals surface area contributed by atoms with Crippen LogP contribution in [-0.2, 0) is 4.79 Å². The van der Waals surface area contributed by atoms with Crippen LogP contribution in [0.25, 0.3) is 0 Å². The van der Waals surface area contributed by atoms with Gasteiger partial charge >= 0.3 is 12.0 Å². The molecule has 20 heavy (non-hydrogen) atoms. The molecule has 1 unspecified atom stereocenters. The lowest BCUT2D eigenvalue weighted by Gasteiger charge is -2.17. The van der Waals surface area contributed by atoms with Crippen LogP contribution in [0.5, 0.6) is 0 Å². The van der Waals surface area contributed by atoms with Gasteiger partial charge in [-0.25, -0.2) is 9.18 Å². The summed E-state index contributed by atoms with van der Waals surface area (Å²) in [5.74, 6) is -1.37. The Morgan fingerprint density at radius 3 is 2.95 bits per heavy atom. The molecular formula is C14H17FN2O3. The van der Waals surface area contributed by atoms with Gasteiger partial charge in [-0.1, -0.05) is 6.07 Å². The van der Waals surface area contributed by atoms with E-state index in [1.807, 2.05) is 6.92 Å². The third kappa shape index (κ3) is 3.46. The maximum atomic E-state index is 13.6. The first-order chi connectivity index (χ1) is 9.45. The number of hydrogen-bond acceptors (Lipinski definition) is 2. The van der Waals surface area contributed by atoms with E-state index in [9.17, 15) is 14.0 Å². The van der Waals surface area contributed by atoms with Crippen molar-refractivity contribution in [3.05, 3.63) is 29.6 Å². The topological polar surface area (TPSA) is 69.6 Å². The van der Waals surface area contributed by atoms with Gasteiger partial charge in [-0.05, 0) is 37.0 Å². The average Bonchev–Trinajstić information content (AvgIpc) is 2.81. The number of carboxylic acids is 1. The molecule has 1 aliphatic rings. The van der Waals surface area contributed by atoms with Crippen molar-refractivity contribution in [1.82, 2.24) is 4.90 Å². The molecule has 0 aliphatic carbocycles. The average molecular weight is 280 g/mol. The van der Waals surface area contributed by atoms with Crippen molar-refractivity contribution >= 4 is 17.7 Å². The van der Waals surface area contributed by atoms with Crippen molar-refractivity contribution in [2.24, 2.45) is 5.92 Å². The summed E-state index contributed by atoms with van der Waals surface area (Å²) in [6.45, 7) is 2.70. The highest BCUT2D eigenvalue weighted by atomic mass is 19.1. The molecule has 5 nitrogen and oxygen atoms in total.